The largest absolute Gasteiger partial charge is 0.392 e. The van der Waals surface area contributed by atoms with E-state index in [0.29, 0.717) is 0 Å². The third kappa shape index (κ3) is 5.81. The molecule has 0 aromatic heterocycles. The van der Waals surface area contributed by atoms with Gasteiger partial charge in [-0.15, -0.1) is 0 Å². The number of carbonyl (C=O) groups is 1. The second-order valence-electron chi connectivity index (χ2n) is 4.01. The van der Waals surface area contributed by atoms with Crippen LogP contribution in [0, 0.1) is 11.8 Å². The van der Waals surface area contributed by atoms with Gasteiger partial charge in [-0.2, -0.15) is 0 Å². The standard InChI is InChI=1S/C11H22O2/c1-4-9(2)6-5-7-11(13)10(3)8-12/h8-11,13H,4-7H2,1-3H3. The lowest BCUT2D eigenvalue weighted by atomic mass is 9.96. The van der Waals surface area contributed by atoms with Crippen molar-refractivity contribution in [1.29, 1.82) is 0 Å². The van der Waals surface area contributed by atoms with Crippen LogP contribution in [0.3, 0.4) is 0 Å². The third-order valence-corrected chi connectivity index (χ3v) is 2.72. The van der Waals surface area contributed by atoms with Crippen LogP contribution in [0.25, 0.3) is 0 Å². The molecule has 3 unspecified atom stereocenters. The summed E-state index contributed by atoms with van der Waals surface area (Å²) in [6.07, 6.45) is 4.51. The fourth-order valence-corrected chi connectivity index (χ4v) is 1.23. The lowest BCUT2D eigenvalue weighted by molar-refractivity contribution is -0.113. The summed E-state index contributed by atoms with van der Waals surface area (Å²) >= 11 is 0. The molecule has 0 spiro atoms. The zero-order chi connectivity index (χ0) is 10.3. The molecule has 0 amide bonds. The lowest BCUT2D eigenvalue weighted by Crippen LogP contribution is -2.18. The molecule has 13 heavy (non-hydrogen) atoms. The summed E-state index contributed by atoms with van der Waals surface area (Å²) in [5.74, 6) is 0.524. The molecule has 0 saturated carbocycles. The molecule has 0 heterocycles. The molecule has 0 saturated heterocycles. The maximum Gasteiger partial charge on any atom is 0.125 e. The molecule has 0 aromatic rings. The Kier molecular flexibility index (Phi) is 6.87. The summed E-state index contributed by atoms with van der Waals surface area (Å²) in [5.41, 5.74) is 0. The van der Waals surface area contributed by atoms with Crippen molar-refractivity contribution in [3.8, 4) is 0 Å². The van der Waals surface area contributed by atoms with Crippen LogP contribution in [-0.4, -0.2) is 17.5 Å². The molecule has 1 N–H and O–H groups in total. The topological polar surface area (TPSA) is 37.3 Å². The van der Waals surface area contributed by atoms with Gasteiger partial charge in [0.1, 0.15) is 6.29 Å². The zero-order valence-corrected chi connectivity index (χ0v) is 8.99. The van der Waals surface area contributed by atoms with Crippen LogP contribution in [0.5, 0.6) is 0 Å². The Morgan fingerprint density at radius 2 is 1.92 bits per heavy atom. The van der Waals surface area contributed by atoms with E-state index in [1.54, 1.807) is 6.92 Å². The van der Waals surface area contributed by atoms with E-state index in [-0.39, 0.29) is 5.92 Å². The Morgan fingerprint density at radius 1 is 1.31 bits per heavy atom. The van der Waals surface area contributed by atoms with E-state index in [9.17, 15) is 9.90 Å². The van der Waals surface area contributed by atoms with Gasteiger partial charge in [0, 0.05) is 5.92 Å². The Morgan fingerprint density at radius 3 is 2.38 bits per heavy atom. The van der Waals surface area contributed by atoms with Crippen molar-refractivity contribution in [2.75, 3.05) is 0 Å². The summed E-state index contributed by atoms with van der Waals surface area (Å²) in [7, 11) is 0. The van der Waals surface area contributed by atoms with Gasteiger partial charge in [-0.1, -0.05) is 40.0 Å². The highest BCUT2D eigenvalue weighted by Crippen LogP contribution is 2.14. The van der Waals surface area contributed by atoms with Gasteiger partial charge in [-0.3, -0.25) is 0 Å². The van der Waals surface area contributed by atoms with Crippen LogP contribution in [0.4, 0.5) is 0 Å². The molecule has 2 nitrogen and oxygen atoms in total. The first-order valence-electron chi connectivity index (χ1n) is 5.25. The summed E-state index contributed by atoms with van der Waals surface area (Å²) < 4.78 is 0. The normalized spacial score (nSPS) is 17.8. The predicted molar refractivity (Wildman–Crippen MR) is 54.5 cm³/mol. The maximum absolute atomic E-state index is 10.3. The number of aliphatic hydroxyl groups is 1. The minimum Gasteiger partial charge on any atom is -0.392 e. The lowest BCUT2D eigenvalue weighted by Gasteiger charge is -2.14. The Hall–Kier alpha value is -0.370. The van der Waals surface area contributed by atoms with Crippen molar-refractivity contribution in [3.63, 3.8) is 0 Å². The van der Waals surface area contributed by atoms with Crippen molar-refractivity contribution in [1.82, 2.24) is 0 Å². The van der Waals surface area contributed by atoms with E-state index < -0.39 is 6.10 Å². The number of carbonyl (C=O) groups excluding carboxylic acids is 1. The minimum absolute atomic E-state index is 0.211. The SMILES string of the molecule is CCC(C)CCCC(O)C(C)C=O. The quantitative estimate of drug-likeness (QED) is 0.620. The van der Waals surface area contributed by atoms with E-state index in [1.165, 1.54) is 6.42 Å². The van der Waals surface area contributed by atoms with Crippen LogP contribution >= 0.6 is 0 Å². The van der Waals surface area contributed by atoms with Gasteiger partial charge < -0.3 is 9.90 Å². The van der Waals surface area contributed by atoms with E-state index in [1.807, 2.05) is 0 Å². The van der Waals surface area contributed by atoms with Crippen LogP contribution in [-0.2, 0) is 4.79 Å². The average molecular weight is 186 g/mol. The molecule has 0 radical (unpaired) electrons. The molecule has 0 rings (SSSR count). The molecule has 2 heteroatoms. The van der Waals surface area contributed by atoms with Crippen LogP contribution in [0.15, 0.2) is 0 Å². The minimum atomic E-state index is -0.443. The second-order valence-corrected chi connectivity index (χ2v) is 4.01. The van der Waals surface area contributed by atoms with Crippen LogP contribution in [0.1, 0.15) is 46.5 Å². The van der Waals surface area contributed by atoms with Gasteiger partial charge in [-0.05, 0) is 12.3 Å². The first-order valence-corrected chi connectivity index (χ1v) is 5.25. The molecular formula is C11H22O2. The Balaban J connectivity index is 3.47. The molecule has 0 aliphatic heterocycles. The maximum atomic E-state index is 10.3. The first kappa shape index (κ1) is 12.6. The van der Waals surface area contributed by atoms with Crippen molar-refractivity contribution in [2.45, 2.75) is 52.6 Å². The van der Waals surface area contributed by atoms with E-state index in [4.69, 9.17) is 0 Å². The van der Waals surface area contributed by atoms with Gasteiger partial charge in [0.05, 0.1) is 6.10 Å². The van der Waals surface area contributed by atoms with Gasteiger partial charge in [0.25, 0.3) is 0 Å². The average Bonchev–Trinajstić information content (AvgIpc) is 2.15. The Labute approximate surface area is 81.3 Å². The number of hydrogen-bond donors (Lipinski definition) is 1. The van der Waals surface area contributed by atoms with Gasteiger partial charge in [0.2, 0.25) is 0 Å². The summed E-state index contributed by atoms with van der Waals surface area (Å²) in [5, 5.41) is 9.47. The number of aldehydes is 1. The van der Waals surface area contributed by atoms with E-state index in [0.717, 1.165) is 31.5 Å². The smallest absolute Gasteiger partial charge is 0.125 e. The summed E-state index contributed by atoms with van der Waals surface area (Å²) in [6.45, 7) is 6.16. The Bertz CT molecular complexity index is 134. The number of rotatable bonds is 7. The molecule has 0 aromatic carbocycles. The van der Waals surface area contributed by atoms with Gasteiger partial charge in [0.15, 0.2) is 0 Å². The van der Waals surface area contributed by atoms with Crippen molar-refractivity contribution in [3.05, 3.63) is 0 Å². The highest BCUT2D eigenvalue weighted by Gasteiger charge is 2.12. The van der Waals surface area contributed by atoms with Crippen molar-refractivity contribution in [2.24, 2.45) is 11.8 Å². The molecular weight excluding hydrogens is 164 g/mol. The van der Waals surface area contributed by atoms with E-state index >= 15 is 0 Å². The summed E-state index contributed by atoms with van der Waals surface area (Å²) in [4.78, 5) is 10.3. The molecule has 0 fully saturated rings. The molecule has 0 aliphatic rings. The third-order valence-electron chi connectivity index (χ3n) is 2.72. The van der Waals surface area contributed by atoms with Crippen molar-refractivity contribution >= 4 is 6.29 Å². The van der Waals surface area contributed by atoms with Gasteiger partial charge >= 0.3 is 0 Å². The molecule has 0 aliphatic carbocycles. The zero-order valence-electron chi connectivity index (χ0n) is 8.99. The predicted octanol–water partition coefficient (Wildman–Crippen LogP) is 2.40. The van der Waals surface area contributed by atoms with Crippen LogP contribution in [0.2, 0.25) is 0 Å². The van der Waals surface area contributed by atoms with Gasteiger partial charge in [-0.25, -0.2) is 0 Å². The first-order chi connectivity index (χ1) is 6.11. The fraction of sp³-hybridized carbons (Fsp3) is 0.909. The molecule has 3 atom stereocenters. The van der Waals surface area contributed by atoms with Crippen molar-refractivity contribution < 1.29 is 9.90 Å². The molecule has 0 bridgehead atoms. The molecule has 78 valence electrons. The number of aliphatic hydroxyl groups excluding tert-OH is 1. The van der Waals surface area contributed by atoms with E-state index in [2.05, 4.69) is 13.8 Å². The fourth-order valence-electron chi connectivity index (χ4n) is 1.23. The summed E-state index contributed by atoms with van der Waals surface area (Å²) in [6, 6.07) is 0. The number of hydrogen-bond acceptors (Lipinski definition) is 2. The highest BCUT2D eigenvalue weighted by molar-refractivity contribution is 5.53. The second kappa shape index (κ2) is 7.07. The highest BCUT2D eigenvalue weighted by atomic mass is 16.3. The van der Waals surface area contributed by atoms with Crippen LogP contribution < -0.4 is 0 Å². The monoisotopic (exact) mass is 186 g/mol.